The number of pyridine rings is 1. The SMILES string of the molecule is C[C@@H](NCC1CCC(F)(F)C1)c1ccncc1. The molecule has 2 atom stereocenters. The second kappa shape index (κ2) is 5.08. The fraction of sp³-hybridized carbons (Fsp3) is 0.615. The van der Waals surface area contributed by atoms with Crippen LogP contribution in [0.1, 0.15) is 37.8 Å². The van der Waals surface area contributed by atoms with Crippen molar-refractivity contribution in [2.75, 3.05) is 6.54 Å². The van der Waals surface area contributed by atoms with E-state index in [1.54, 1.807) is 12.4 Å². The van der Waals surface area contributed by atoms with Crippen LogP contribution >= 0.6 is 0 Å². The van der Waals surface area contributed by atoms with E-state index in [4.69, 9.17) is 0 Å². The van der Waals surface area contributed by atoms with Crippen LogP contribution in [-0.2, 0) is 0 Å². The van der Waals surface area contributed by atoms with Crippen LogP contribution in [0.4, 0.5) is 8.78 Å². The Morgan fingerprint density at radius 3 is 2.76 bits per heavy atom. The number of hydrogen-bond acceptors (Lipinski definition) is 2. The Balaban J connectivity index is 1.79. The minimum Gasteiger partial charge on any atom is -0.310 e. The van der Waals surface area contributed by atoms with E-state index in [2.05, 4.69) is 10.3 Å². The summed E-state index contributed by atoms with van der Waals surface area (Å²) in [5.41, 5.74) is 1.14. The van der Waals surface area contributed by atoms with Gasteiger partial charge in [0.25, 0.3) is 0 Å². The lowest BCUT2D eigenvalue weighted by atomic mass is 10.1. The van der Waals surface area contributed by atoms with E-state index in [0.29, 0.717) is 13.0 Å². The van der Waals surface area contributed by atoms with Gasteiger partial charge in [-0.1, -0.05) is 0 Å². The summed E-state index contributed by atoms with van der Waals surface area (Å²) in [4.78, 5) is 3.96. The number of halogens is 2. The van der Waals surface area contributed by atoms with E-state index < -0.39 is 5.92 Å². The molecule has 0 aliphatic heterocycles. The van der Waals surface area contributed by atoms with Gasteiger partial charge in [0, 0.05) is 31.3 Å². The molecule has 1 saturated carbocycles. The standard InChI is InChI=1S/C13H18F2N2/c1-10(12-3-6-16-7-4-12)17-9-11-2-5-13(14,15)8-11/h3-4,6-7,10-11,17H,2,5,8-9H2,1H3/t10-,11?/m1/s1. The van der Waals surface area contributed by atoms with Crippen molar-refractivity contribution < 1.29 is 8.78 Å². The maximum absolute atomic E-state index is 13.0. The smallest absolute Gasteiger partial charge is 0.248 e. The minimum absolute atomic E-state index is 0.0308. The highest BCUT2D eigenvalue weighted by Crippen LogP contribution is 2.38. The van der Waals surface area contributed by atoms with Crippen molar-refractivity contribution in [2.24, 2.45) is 5.92 Å². The van der Waals surface area contributed by atoms with Crippen LogP contribution in [-0.4, -0.2) is 17.5 Å². The van der Waals surface area contributed by atoms with E-state index in [1.807, 2.05) is 19.1 Å². The van der Waals surface area contributed by atoms with Crippen LogP contribution in [0.3, 0.4) is 0 Å². The van der Waals surface area contributed by atoms with Crippen molar-refractivity contribution in [3.05, 3.63) is 30.1 Å². The Labute approximate surface area is 100 Å². The van der Waals surface area contributed by atoms with E-state index in [-0.39, 0.29) is 24.8 Å². The van der Waals surface area contributed by atoms with Gasteiger partial charge >= 0.3 is 0 Å². The molecule has 1 fully saturated rings. The molecule has 0 aromatic carbocycles. The third-order valence-corrected chi connectivity index (χ3v) is 3.42. The minimum atomic E-state index is -2.44. The molecule has 0 radical (unpaired) electrons. The topological polar surface area (TPSA) is 24.9 Å². The molecule has 1 heterocycles. The number of nitrogens with one attached hydrogen (secondary N) is 1. The zero-order valence-electron chi connectivity index (χ0n) is 10.00. The quantitative estimate of drug-likeness (QED) is 0.874. The maximum Gasteiger partial charge on any atom is 0.248 e. The molecule has 2 nitrogen and oxygen atoms in total. The molecule has 0 spiro atoms. The second-order valence-corrected chi connectivity index (χ2v) is 4.88. The van der Waals surface area contributed by atoms with Crippen LogP contribution in [0.15, 0.2) is 24.5 Å². The largest absolute Gasteiger partial charge is 0.310 e. The first-order valence-corrected chi connectivity index (χ1v) is 6.08. The number of nitrogens with zero attached hydrogens (tertiary/aromatic N) is 1. The Morgan fingerprint density at radius 1 is 1.47 bits per heavy atom. The van der Waals surface area contributed by atoms with Gasteiger partial charge in [-0.15, -0.1) is 0 Å². The summed E-state index contributed by atoms with van der Waals surface area (Å²) < 4.78 is 26.0. The second-order valence-electron chi connectivity index (χ2n) is 4.88. The first-order chi connectivity index (χ1) is 8.07. The monoisotopic (exact) mass is 240 g/mol. The summed E-state index contributed by atoms with van der Waals surface area (Å²) in [7, 11) is 0. The summed E-state index contributed by atoms with van der Waals surface area (Å²) in [6.07, 6.45) is 4.20. The summed E-state index contributed by atoms with van der Waals surface area (Å²) in [6.45, 7) is 2.71. The number of aromatic nitrogens is 1. The fourth-order valence-corrected chi connectivity index (χ4v) is 2.33. The van der Waals surface area contributed by atoms with Gasteiger partial charge in [0.1, 0.15) is 0 Å². The molecule has 1 unspecified atom stereocenters. The summed E-state index contributed by atoms with van der Waals surface area (Å²) >= 11 is 0. The van der Waals surface area contributed by atoms with Gasteiger partial charge in [-0.25, -0.2) is 8.78 Å². The molecule has 1 aliphatic carbocycles. The Bertz CT molecular complexity index is 354. The van der Waals surface area contributed by atoms with Crippen molar-refractivity contribution in [3.63, 3.8) is 0 Å². The third kappa shape index (κ3) is 3.46. The predicted molar refractivity (Wildman–Crippen MR) is 62.9 cm³/mol. The Morgan fingerprint density at radius 2 is 2.18 bits per heavy atom. The van der Waals surface area contributed by atoms with Crippen molar-refractivity contribution >= 4 is 0 Å². The van der Waals surface area contributed by atoms with Crippen LogP contribution in [0.2, 0.25) is 0 Å². The molecule has 4 heteroatoms. The lowest BCUT2D eigenvalue weighted by Crippen LogP contribution is -2.25. The predicted octanol–water partition coefficient (Wildman–Crippen LogP) is 3.17. The van der Waals surface area contributed by atoms with Gasteiger partial charge in [0.15, 0.2) is 0 Å². The summed E-state index contributed by atoms with van der Waals surface area (Å²) in [6, 6.07) is 4.08. The maximum atomic E-state index is 13.0. The zero-order valence-corrected chi connectivity index (χ0v) is 10.00. The van der Waals surface area contributed by atoms with Gasteiger partial charge in [-0.05, 0) is 43.5 Å². The molecule has 17 heavy (non-hydrogen) atoms. The number of alkyl halides is 2. The normalized spacial score (nSPS) is 24.8. The molecular weight excluding hydrogens is 222 g/mol. The molecular formula is C13H18F2N2. The molecule has 1 aromatic rings. The van der Waals surface area contributed by atoms with Crippen LogP contribution in [0.5, 0.6) is 0 Å². The molecule has 0 saturated heterocycles. The third-order valence-electron chi connectivity index (χ3n) is 3.42. The molecule has 94 valence electrons. The highest BCUT2D eigenvalue weighted by Gasteiger charge is 2.39. The Kier molecular flexibility index (Phi) is 3.72. The molecule has 0 bridgehead atoms. The van der Waals surface area contributed by atoms with Gasteiger partial charge < -0.3 is 5.32 Å². The molecule has 1 aromatic heterocycles. The molecule has 1 aliphatic rings. The lowest BCUT2D eigenvalue weighted by Gasteiger charge is -2.17. The van der Waals surface area contributed by atoms with Gasteiger partial charge in [-0.3, -0.25) is 4.98 Å². The number of rotatable bonds is 4. The summed E-state index contributed by atoms with van der Waals surface area (Å²) in [5, 5.41) is 3.32. The molecule has 0 amide bonds. The first-order valence-electron chi connectivity index (χ1n) is 6.08. The highest BCUT2D eigenvalue weighted by atomic mass is 19.3. The van der Waals surface area contributed by atoms with E-state index in [1.165, 1.54) is 0 Å². The molecule has 2 rings (SSSR count). The average molecular weight is 240 g/mol. The van der Waals surface area contributed by atoms with E-state index in [0.717, 1.165) is 5.56 Å². The van der Waals surface area contributed by atoms with Crippen molar-refractivity contribution in [2.45, 2.75) is 38.2 Å². The van der Waals surface area contributed by atoms with Crippen molar-refractivity contribution in [1.82, 2.24) is 10.3 Å². The lowest BCUT2D eigenvalue weighted by molar-refractivity contribution is 0.00500. The van der Waals surface area contributed by atoms with Crippen molar-refractivity contribution in [3.8, 4) is 0 Å². The van der Waals surface area contributed by atoms with Crippen LogP contribution < -0.4 is 5.32 Å². The van der Waals surface area contributed by atoms with E-state index in [9.17, 15) is 8.78 Å². The van der Waals surface area contributed by atoms with Crippen LogP contribution in [0, 0.1) is 5.92 Å². The average Bonchev–Trinajstić information content (AvgIpc) is 2.67. The van der Waals surface area contributed by atoms with Gasteiger partial charge in [0.2, 0.25) is 5.92 Å². The number of hydrogen-bond donors (Lipinski definition) is 1. The van der Waals surface area contributed by atoms with Crippen LogP contribution in [0.25, 0.3) is 0 Å². The van der Waals surface area contributed by atoms with Gasteiger partial charge in [0.05, 0.1) is 0 Å². The summed E-state index contributed by atoms with van der Waals surface area (Å²) in [5.74, 6) is -2.33. The zero-order chi connectivity index (χ0) is 12.3. The first kappa shape index (κ1) is 12.4. The highest BCUT2D eigenvalue weighted by molar-refractivity contribution is 5.13. The Hall–Kier alpha value is -1.03. The van der Waals surface area contributed by atoms with Crippen molar-refractivity contribution in [1.29, 1.82) is 0 Å². The molecule has 1 N–H and O–H groups in total. The fourth-order valence-electron chi connectivity index (χ4n) is 2.33. The van der Waals surface area contributed by atoms with E-state index >= 15 is 0 Å². The van der Waals surface area contributed by atoms with Gasteiger partial charge in [-0.2, -0.15) is 0 Å².